The summed E-state index contributed by atoms with van der Waals surface area (Å²) in [6, 6.07) is 2.48. The summed E-state index contributed by atoms with van der Waals surface area (Å²) >= 11 is 5.79. The van der Waals surface area contributed by atoms with Crippen LogP contribution in [0.1, 0.15) is 38.2 Å². The smallest absolute Gasteiger partial charge is 0.0644 e. The van der Waals surface area contributed by atoms with E-state index < -0.39 is 0 Å². The number of aromatic nitrogens is 2. The molecule has 0 unspecified atom stereocenters. The maximum Gasteiger partial charge on any atom is 0.0644 e. The standard InChI is InChI=1S/C9H15ClN2/c1-4-8-5-9(6-10)12(11-8)7(2)3/h5,7H,4,6H2,1-3H3. The zero-order valence-corrected chi connectivity index (χ0v) is 8.60. The maximum atomic E-state index is 5.79. The third kappa shape index (κ3) is 1.81. The molecule has 0 aromatic carbocycles. The van der Waals surface area contributed by atoms with Gasteiger partial charge in [0.1, 0.15) is 0 Å². The highest BCUT2D eigenvalue weighted by molar-refractivity contribution is 6.16. The normalized spacial score (nSPS) is 11.1. The number of alkyl halides is 1. The van der Waals surface area contributed by atoms with Crippen molar-refractivity contribution in [2.75, 3.05) is 0 Å². The molecule has 0 radical (unpaired) electrons. The van der Waals surface area contributed by atoms with Gasteiger partial charge in [-0.25, -0.2) is 0 Å². The van der Waals surface area contributed by atoms with E-state index in [0.29, 0.717) is 11.9 Å². The van der Waals surface area contributed by atoms with Gasteiger partial charge in [-0.15, -0.1) is 11.6 Å². The number of hydrogen-bond acceptors (Lipinski definition) is 1. The van der Waals surface area contributed by atoms with Crippen molar-refractivity contribution in [1.29, 1.82) is 0 Å². The molecule has 0 fully saturated rings. The minimum absolute atomic E-state index is 0.402. The summed E-state index contributed by atoms with van der Waals surface area (Å²) in [5.41, 5.74) is 2.24. The highest BCUT2D eigenvalue weighted by Gasteiger charge is 2.07. The Morgan fingerprint density at radius 3 is 2.58 bits per heavy atom. The lowest BCUT2D eigenvalue weighted by molar-refractivity contribution is 0.512. The molecule has 1 rings (SSSR count). The second-order valence-electron chi connectivity index (χ2n) is 3.15. The fourth-order valence-corrected chi connectivity index (χ4v) is 1.41. The van der Waals surface area contributed by atoms with E-state index in [1.165, 1.54) is 0 Å². The number of hydrogen-bond donors (Lipinski definition) is 0. The van der Waals surface area contributed by atoms with Gasteiger partial charge in [0.2, 0.25) is 0 Å². The SMILES string of the molecule is CCc1cc(CCl)n(C(C)C)n1. The highest BCUT2D eigenvalue weighted by atomic mass is 35.5. The number of nitrogens with zero attached hydrogens (tertiary/aromatic N) is 2. The third-order valence-electron chi connectivity index (χ3n) is 1.85. The summed E-state index contributed by atoms with van der Waals surface area (Å²) < 4.78 is 1.99. The van der Waals surface area contributed by atoms with Crippen molar-refractivity contribution in [3.63, 3.8) is 0 Å². The average Bonchev–Trinajstić information content (AvgIpc) is 2.47. The van der Waals surface area contributed by atoms with Crippen LogP contribution in [0.2, 0.25) is 0 Å². The van der Waals surface area contributed by atoms with Crippen LogP contribution in [0.3, 0.4) is 0 Å². The molecule has 0 spiro atoms. The fourth-order valence-electron chi connectivity index (χ4n) is 1.21. The van der Waals surface area contributed by atoms with E-state index in [1.807, 2.05) is 4.68 Å². The van der Waals surface area contributed by atoms with Gasteiger partial charge in [0.25, 0.3) is 0 Å². The largest absolute Gasteiger partial charge is 0.266 e. The second-order valence-corrected chi connectivity index (χ2v) is 3.42. The molecule has 68 valence electrons. The lowest BCUT2D eigenvalue weighted by Crippen LogP contribution is -2.06. The molecule has 1 aromatic heterocycles. The van der Waals surface area contributed by atoms with Gasteiger partial charge in [0.15, 0.2) is 0 Å². The molecule has 0 atom stereocenters. The van der Waals surface area contributed by atoms with Crippen LogP contribution in [-0.2, 0) is 12.3 Å². The van der Waals surface area contributed by atoms with E-state index in [4.69, 9.17) is 11.6 Å². The number of rotatable bonds is 3. The molecule has 12 heavy (non-hydrogen) atoms. The summed E-state index contributed by atoms with van der Waals surface area (Å²) in [7, 11) is 0. The van der Waals surface area contributed by atoms with Crippen LogP contribution in [0, 0.1) is 0 Å². The van der Waals surface area contributed by atoms with Gasteiger partial charge in [-0.2, -0.15) is 5.10 Å². The van der Waals surface area contributed by atoms with Crippen LogP contribution in [0.25, 0.3) is 0 Å². The summed E-state index contributed by atoms with van der Waals surface area (Å²) in [5.74, 6) is 0.547. The molecule has 0 amide bonds. The summed E-state index contributed by atoms with van der Waals surface area (Å²) in [5, 5.41) is 4.43. The van der Waals surface area contributed by atoms with Crippen molar-refractivity contribution >= 4 is 11.6 Å². The van der Waals surface area contributed by atoms with Crippen molar-refractivity contribution < 1.29 is 0 Å². The first-order valence-electron chi connectivity index (χ1n) is 4.32. The van der Waals surface area contributed by atoms with Crippen molar-refractivity contribution in [3.8, 4) is 0 Å². The second kappa shape index (κ2) is 3.94. The lowest BCUT2D eigenvalue weighted by atomic mass is 10.3. The zero-order valence-electron chi connectivity index (χ0n) is 7.84. The first-order chi connectivity index (χ1) is 5.69. The molecule has 1 heterocycles. The maximum absolute atomic E-state index is 5.79. The molecule has 0 saturated carbocycles. The van der Waals surface area contributed by atoms with Crippen LogP contribution < -0.4 is 0 Å². The molecule has 0 N–H and O–H groups in total. The molecular formula is C9H15ClN2. The molecule has 0 aliphatic rings. The lowest BCUT2D eigenvalue weighted by Gasteiger charge is -2.08. The minimum atomic E-state index is 0.402. The predicted octanol–water partition coefficient (Wildman–Crippen LogP) is 2.77. The van der Waals surface area contributed by atoms with Crippen LogP contribution in [0.5, 0.6) is 0 Å². The van der Waals surface area contributed by atoms with Crippen LogP contribution in [0.4, 0.5) is 0 Å². The summed E-state index contributed by atoms with van der Waals surface area (Å²) in [6.45, 7) is 6.33. The summed E-state index contributed by atoms with van der Waals surface area (Å²) in [6.07, 6.45) is 0.976. The Labute approximate surface area is 78.5 Å². The number of aryl methyl sites for hydroxylation is 1. The molecular weight excluding hydrogens is 172 g/mol. The van der Waals surface area contributed by atoms with E-state index in [-0.39, 0.29) is 0 Å². The molecule has 0 saturated heterocycles. The van der Waals surface area contributed by atoms with Crippen molar-refractivity contribution in [2.24, 2.45) is 0 Å². The van der Waals surface area contributed by atoms with Crippen LogP contribution in [0.15, 0.2) is 6.07 Å². The van der Waals surface area contributed by atoms with E-state index in [1.54, 1.807) is 0 Å². The van der Waals surface area contributed by atoms with E-state index in [2.05, 4.69) is 31.9 Å². The van der Waals surface area contributed by atoms with E-state index in [0.717, 1.165) is 17.8 Å². The third-order valence-corrected chi connectivity index (χ3v) is 2.13. The monoisotopic (exact) mass is 186 g/mol. The number of halogens is 1. The van der Waals surface area contributed by atoms with Gasteiger partial charge in [-0.05, 0) is 26.3 Å². The fraction of sp³-hybridized carbons (Fsp3) is 0.667. The molecule has 1 aromatic rings. The minimum Gasteiger partial charge on any atom is -0.266 e. The average molecular weight is 187 g/mol. The van der Waals surface area contributed by atoms with Crippen LogP contribution >= 0.6 is 11.6 Å². The van der Waals surface area contributed by atoms with Gasteiger partial charge >= 0.3 is 0 Å². The van der Waals surface area contributed by atoms with E-state index in [9.17, 15) is 0 Å². The molecule has 3 heteroatoms. The topological polar surface area (TPSA) is 17.8 Å². The Morgan fingerprint density at radius 2 is 2.25 bits per heavy atom. The van der Waals surface area contributed by atoms with Crippen molar-refractivity contribution in [3.05, 3.63) is 17.5 Å². The molecule has 0 aliphatic heterocycles. The Hall–Kier alpha value is -0.500. The molecule has 0 aliphatic carbocycles. The first kappa shape index (κ1) is 9.59. The first-order valence-corrected chi connectivity index (χ1v) is 4.85. The Morgan fingerprint density at radius 1 is 1.58 bits per heavy atom. The van der Waals surface area contributed by atoms with Gasteiger partial charge in [-0.1, -0.05) is 6.92 Å². The Kier molecular flexibility index (Phi) is 3.15. The molecule has 2 nitrogen and oxygen atoms in total. The van der Waals surface area contributed by atoms with Gasteiger partial charge in [0.05, 0.1) is 17.3 Å². The highest BCUT2D eigenvalue weighted by Crippen LogP contribution is 2.13. The predicted molar refractivity (Wildman–Crippen MR) is 51.5 cm³/mol. The van der Waals surface area contributed by atoms with Gasteiger partial charge in [-0.3, -0.25) is 4.68 Å². The molecule has 0 bridgehead atoms. The quantitative estimate of drug-likeness (QED) is 0.664. The van der Waals surface area contributed by atoms with Gasteiger partial charge < -0.3 is 0 Å². The van der Waals surface area contributed by atoms with Crippen molar-refractivity contribution in [1.82, 2.24) is 9.78 Å². The Balaban J connectivity index is 3.00. The van der Waals surface area contributed by atoms with Gasteiger partial charge in [0, 0.05) is 6.04 Å². The van der Waals surface area contributed by atoms with E-state index >= 15 is 0 Å². The van der Waals surface area contributed by atoms with Crippen molar-refractivity contribution in [2.45, 2.75) is 39.1 Å². The zero-order chi connectivity index (χ0) is 9.14. The Bertz CT molecular complexity index is 253. The summed E-state index contributed by atoms with van der Waals surface area (Å²) in [4.78, 5) is 0. The van der Waals surface area contributed by atoms with Crippen LogP contribution in [-0.4, -0.2) is 9.78 Å².